The van der Waals surface area contributed by atoms with Crippen molar-refractivity contribution >= 4 is 5.91 Å². The maximum atomic E-state index is 13.1. The van der Waals surface area contributed by atoms with Gasteiger partial charge in [0.2, 0.25) is 0 Å². The van der Waals surface area contributed by atoms with E-state index < -0.39 is 23.1 Å². The van der Waals surface area contributed by atoms with Crippen LogP contribution < -0.4 is 5.48 Å². The van der Waals surface area contributed by atoms with E-state index in [0.717, 1.165) is 12.1 Å². The molecule has 0 saturated heterocycles. The molecule has 0 aromatic heterocycles. The fourth-order valence-electron chi connectivity index (χ4n) is 0.976. The average molecular weight is 231 g/mol. The number of carbonyl (C=O) groups excluding carboxylic acids is 1. The number of rotatable bonds is 5. The summed E-state index contributed by atoms with van der Waals surface area (Å²) in [6, 6.07) is 3.33. The standard InChI is InChI=1S/C10H11F2NO3/c1-15-5-6-16-13-10(14)7-3-2-4-8(11)9(7)12/h2-4H,5-6H2,1H3,(H,13,14). The van der Waals surface area contributed by atoms with E-state index in [-0.39, 0.29) is 13.2 Å². The Morgan fingerprint density at radius 2 is 2.12 bits per heavy atom. The molecule has 0 aliphatic heterocycles. The van der Waals surface area contributed by atoms with Crippen LogP contribution in [0, 0.1) is 11.6 Å². The predicted molar refractivity (Wildman–Crippen MR) is 51.7 cm³/mol. The summed E-state index contributed by atoms with van der Waals surface area (Å²) < 4.78 is 30.5. The van der Waals surface area contributed by atoms with Crippen molar-refractivity contribution in [2.75, 3.05) is 20.3 Å². The van der Waals surface area contributed by atoms with E-state index in [1.807, 2.05) is 5.48 Å². The first kappa shape index (κ1) is 12.5. The minimum absolute atomic E-state index is 0.124. The van der Waals surface area contributed by atoms with Crippen LogP contribution in [0.3, 0.4) is 0 Å². The molecule has 1 N–H and O–H groups in total. The van der Waals surface area contributed by atoms with Gasteiger partial charge in [-0.1, -0.05) is 6.07 Å². The van der Waals surface area contributed by atoms with E-state index in [1.54, 1.807) is 0 Å². The van der Waals surface area contributed by atoms with E-state index in [9.17, 15) is 13.6 Å². The van der Waals surface area contributed by atoms with Crippen LogP contribution >= 0.6 is 0 Å². The Labute approximate surface area is 91.1 Å². The summed E-state index contributed by atoms with van der Waals surface area (Å²) in [5.74, 6) is -3.12. The van der Waals surface area contributed by atoms with Gasteiger partial charge in [-0.05, 0) is 12.1 Å². The summed E-state index contributed by atoms with van der Waals surface area (Å²) >= 11 is 0. The third kappa shape index (κ3) is 3.25. The number of ether oxygens (including phenoxy) is 1. The lowest BCUT2D eigenvalue weighted by Gasteiger charge is -2.06. The number of hydrogen-bond acceptors (Lipinski definition) is 3. The van der Waals surface area contributed by atoms with E-state index in [4.69, 9.17) is 0 Å². The van der Waals surface area contributed by atoms with Crippen LogP contribution in [0.1, 0.15) is 10.4 Å². The minimum atomic E-state index is -1.20. The largest absolute Gasteiger partial charge is 0.382 e. The Morgan fingerprint density at radius 1 is 1.38 bits per heavy atom. The molecular weight excluding hydrogens is 220 g/mol. The molecule has 0 atom stereocenters. The molecule has 0 spiro atoms. The highest BCUT2D eigenvalue weighted by molar-refractivity contribution is 5.93. The number of nitrogens with one attached hydrogen (secondary N) is 1. The predicted octanol–water partition coefficient (Wildman–Crippen LogP) is 1.27. The van der Waals surface area contributed by atoms with Crippen LogP contribution in [0.5, 0.6) is 0 Å². The fraction of sp³-hybridized carbons (Fsp3) is 0.300. The highest BCUT2D eigenvalue weighted by atomic mass is 19.2. The number of hydrogen-bond donors (Lipinski definition) is 1. The SMILES string of the molecule is COCCONC(=O)c1cccc(F)c1F. The molecule has 1 aromatic carbocycles. The van der Waals surface area contributed by atoms with E-state index >= 15 is 0 Å². The van der Waals surface area contributed by atoms with Crippen molar-refractivity contribution in [2.45, 2.75) is 0 Å². The third-order valence-corrected chi connectivity index (χ3v) is 1.75. The fourth-order valence-corrected chi connectivity index (χ4v) is 0.976. The van der Waals surface area contributed by atoms with Crippen molar-refractivity contribution in [2.24, 2.45) is 0 Å². The molecule has 4 nitrogen and oxygen atoms in total. The van der Waals surface area contributed by atoms with Crippen LogP contribution in [0.2, 0.25) is 0 Å². The zero-order valence-electron chi connectivity index (χ0n) is 8.63. The summed E-state index contributed by atoms with van der Waals surface area (Å²) in [4.78, 5) is 16.0. The molecule has 88 valence electrons. The Morgan fingerprint density at radius 3 is 2.81 bits per heavy atom. The molecule has 0 aliphatic rings. The van der Waals surface area contributed by atoms with Crippen LogP contribution in [0.15, 0.2) is 18.2 Å². The third-order valence-electron chi connectivity index (χ3n) is 1.75. The average Bonchev–Trinajstić information content (AvgIpc) is 2.28. The first-order valence-corrected chi connectivity index (χ1v) is 4.52. The summed E-state index contributed by atoms with van der Waals surface area (Å²) in [5, 5.41) is 0. The number of carbonyl (C=O) groups is 1. The van der Waals surface area contributed by atoms with Crippen molar-refractivity contribution in [3.8, 4) is 0 Å². The minimum Gasteiger partial charge on any atom is -0.382 e. The molecule has 0 unspecified atom stereocenters. The van der Waals surface area contributed by atoms with E-state index in [2.05, 4.69) is 9.57 Å². The van der Waals surface area contributed by atoms with Gasteiger partial charge in [-0.2, -0.15) is 0 Å². The van der Waals surface area contributed by atoms with Crippen molar-refractivity contribution in [1.82, 2.24) is 5.48 Å². The quantitative estimate of drug-likeness (QED) is 0.613. The molecule has 1 aromatic rings. The van der Waals surface area contributed by atoms with Gasteiger partial charge in [0.1, 0.15) is 0 Å². The van der Waals surface area contributed by atoms with Gasteiger partial charge in [-0.25, -0.2) is 14.3 Å². The Hall–Kier alpha value is -1.53. The lowest BCUT2D eigenvalue weighted by Crippen LogP contribution is -2.26. The molecule has 0 radical (unpaired) electrons. The Kier molecular flexibility index (Phi) is 4.81. The molecule has 0 aliphatic carbocycles. The summed E-state index contributed by atoms with van der Waals surface area (Å²) in [6.45, 7) is 0.408. The van der Waals surface area contributed by atoms with Crippen molar-refractivity contribution in [3.63, 3.8) is 0 Å². The Bertz CT molecular complexity index is 371. The zero-order valence-corrected chi connectivity index (χ0v) is 8.63. The first-order valence-electron chi connectivity index (χ1n) is 4.52. The van der Waals surface area contributed by atoms with Crippen LogP contribution in [-0.2, 0) is 9.57 Å². The molecule has 0 saturated carbocycles. The van der Waals surface area contributed by atoms with Crippen LogP contribution in [-0.4, -0.2) is 26.2 Å². The van der Waals surface area contributed by atoms with Gasteiger partial charge in [-0.3, -0.25) is 9.63 Å². The van der Waals surface area contributed by atoms with Gasteiger partial charge in [0.05, 0.1) is 18.8 Å². The number of amides is 1. The second-order valence-electron chi connectivity index (χ2n) is 2.87. The van der Waals surface area contributed by atoms with Crippen molar-refractivity contribution < 1.29 is 23.1 Å². The van der Waals surface area contributed by atoms with Gasteiger partial charge in [0.25, 0.3) is 5.91 Å². The van der Waals surface area contributed by atoms with Crippen LogP contribution in [0.25, 0.3) is 0 Å². The summed E-state index contributed by atoms with van der Waals surface area (Å²) in [6.07, 6.45) is 0. The molecule has 0 bridgehead atoms. The molecule has 0 fully saturated rings. The molecular formula is C10H11F2NO3. The number of halogens is 2. The summed E-state index contributed by atoms with van der Waals surface area (Å²) in [5.41, 5.74) is 1.57. The highest BCUT2D eigenvalue weighted by Crippen LogP contribution is 2.10. The molecule has 1 amide bonds. The number of methoxy groups -OCH3 is 1. The molecule has 1 rings (SSSR count). The zero-order chi connectivity index (χ0) is 12.0. The Balaban J connectivity index is 2.56. The second-order valence-corrected chi connectivity index (χ2v) is 2.87. The first-order chi connectivity index (χ1) is 7.66. The van der Waals surface area contributed by atoms with Gasteiger partial charge >= 0.3 is 0 Å². The van der Waals surface area contributed by atoms with Gasteiger partial charge in [0.15, 0.2) is 11.6 Å². The smallest absolute Gasteiger partial charge is 0.277 e. The topological polar surface area (TPSA) is 47.6 Å². The van der Waals surface area contributed by atoms with E-state index in [0.29, 0.717) is 0 Å². The van der Waals surface area contributed by atoms with Crippen molar-refractivity contribution in [3.05, 3.63) is 35.4 Å². The van der Waals surface area contributed by atoms with Gasteiger partial charge in [-0.15, -0.1) is 0 Å². The maximum Gasteiger partial charge on any atom is 0.277 e. The molecule has 0 heterocycles. The lowest BCUT2D eigenvalue weighted by molar-refractivity contribution is 0.00861. The lowest BCUT2D eigenvalue weighted by atomic mass is 10.2. The highest BCUT2D eigenvalue weighted by Gasteiger charge is 2.14. The molecule has 6 heteroatoms. The van der Waals surface area contributed by atoms with Gasteiger partial charge in [0, 0.05) is 7.11 Å². The van der Waals surface area contributed by atoms with Crippen molar-refractivity contribution in [1.29, 1.82) is 0 Å². The summed E-state index contributed by atoms with van der Waals surface area (Å²) in [7, 11) is 1.47. The van der Waals surface area contributed by atoms with Crippen LogP contribution in [0.4, 0.5) is 8.78 Å². The number of hydroxylamine groups is 1. The van der Waals surface area contributed by atoms with E-state index in [1.165, 1.54) is 13.2 Å². The molecule has 16 heavy (non-hydrogen) atoms. The maximum absolute atomic E-state index is 13.1. The number of benzene rings is 1. The van der Waals surface area contributed by atoms with Gasteiger partial charge < -0.3 is 4.74 Å². The second kappa shape index (κ2) is 6.14. The normalized spacial score (nSPS) is 10.2. The monoisotopic (exact) mass is 231 g/mol.